The Balaban J connectivity index is 1.31. The van der Waals surface area contributed by atoms with Crippen LogP contribution in [0.3, 0.4) is 0 Å². The van der Waals surface area contributed by atoms with Crippen molar-refractivity contribution < 1.29 is 4.79 Å². The van der Waals surface area contributed by atoms with Crippen LogP contribution in [-0.4, -0.2) is 31.8 Å². The van der Waals surface area contributed by atoms with Crippen LogP contribution in [-0.2, 0) is 17.9 Å². The number of amides is 1. The second kappa shape index (κ2) is 10.8. The summed E-state index contributed by atoms with van der Waals surface area (Å²) in [7, 11) is 0. The van der Waals surface area contributed by atoms with E-state index in [2.05, 4.69) is 22.3 Å². The average molecular weight is 450 g/mol. The summed E-state index contributed by atoms with van der Waals surface area (Å²) in [6.45, 7) is 5.73. The van der Waals surface area contributed by atoms with Crippen molar-refractivity contribution in [2.45, 2.75) is 71.9 Å². The molecule has 0 unspecified atom stereocenters. The molecule has 0 bridgehead atoms. The average Bonchev–Trinajstić information content (AvgIpc) is 3.25. The van der Waals surface area contributed by atoms with E-state index >= 15 is 0 Å². The lowest BCUT2D eigenvalue weighted by molar-refractivity contribution is -0.126. The number of fused-ring (bicyclic) bond motifs is 1. The van der Waals surface area contributed by atoms with E-state index in [0.717, 1.165) is 24.3 Å². The van der Waals surface area contributed by atoms with Gasteiger partial charge in [-0.25, -0.2) is 9.67 Å². The summed E-state index contributed by atoms with van der Waals surface area (Å²) in [6.07, 6.45) is 11.3. The van der Waals surface area contributed by atoms with Crippen molar-refractivity contribution in [2.75, 3.05) is 6.54 Å². The summed E-state index contributed by atoms with van der Waals surface area (Å²) in [5.74, 6) is 1.07. The summed E-state index contributed by atoms with van der Waals surface area (Å²) >= 11 is 0. The van der Waals surface area contributed by atoms with Crippen LogP contribution >= 0.6 is 0 Å². The molecular weight excluding hydrogens is 414 g/mol. The molecule has 1 amide bonds. The molecule has 33 heavy (non-hydrogen) atoms. The van der Waals surface area contributed by atoms with Crippen LogP contribution in [0.2, 0.25) is 0 Å². The van der Waals surface area contributed by atoms with Crippen LogP contribution in [0, 0.1) is 18.8 Å². The summed E-state index contributed by atoms with van der Waals surface area (Å²) in [6, 6.07) is 8.12. The first-order valence-electron chi connectivity index (χ1n) is 12.3. The lowest BCUT2D eigenvalue weighted by atomic mass is 9.79. The predicted molar refractivity (Wildman–Crippen MR) is 130 cm³/mol. The fraction of sp³-hybridized carbons (Fsp3) is 0.538. The standard InChI is InChI=1S/C26H35N5O2/c1-3-4-5-20-10-12-22(13-11-20)25(32)27-14-15-31-24-23(16-29-31)26(33)30(18-28-24)17-21-8-6-19(2)7-9-21/h6-9,16,18,20,22H,3-5,10-15,17H2,1-2H3,(H,27,32). The maximum absolute atomic E-state index is 12.9. The third kappa shape index (κ3) is 5.70. The second-order valence-corrected chi connectivity index (χ2v) is 9.42. The highest BCUT2D eigenvalue weighted by molar-refractivity contribution is 5.78. The van der Waals surface area contributed by atoms with E-state index in [-0.39, 0.29) is 17.4 Å². The van der Waals surface area contributed by atoms with E-state index in [9.17, 15) is 9.59 Å². The number of hydrogen-bond donors (Lipinski definition) is 1. The van der Waals surface area contributed by atoms with Gasteiger partial charge in [-0.05, 0) is 44.1 Å². The highest BCUT2D eigenvalue weighted by atomic mass is 16.2. The topological polar surface area (TPSA) is 81.8 Å². The van der Waals surface area contributed by atoms with E-state index in [1.807, 2.05) is 31.2 Å². The molecule has 0 aliphatic heterocycles. The van der Waals surface area contributed by atoms with Crippen LogP contribution in [0.5, 0.6) is 0 Å². The van der Waals surface area contributed by atoms with Gasteiger partial charge in [0.15, 0.2) is 5.65 Å². The van der Waals surface area contributed by atoms with Gasteiger partial charge >= 0.3 is 0 Å². The molecule has 7 heteroatoms. The largest absolute Gasteiger partial charge is 0.354 e. The molecule has 1 aromatic carbocycles. The summed E-state index contributed by atoms with van der Waals surface area (Å²) in [4.78, 5) is 30.0. The number of nitrogens with one attached hydrogen (secondary N) is 1. The number of aryl methyl sites for hydroxylation is 1. The molecule has 4 rings (SSSR count). The third-order valence-electron chi connectivity index (χ3n) is 6.90. The molecule has 0 saturated heterocycles. The molecule has 0 atom stereocenters. The predicted octanol–water partition coefficient (Wildman–Crippen LogP) is 4.06. The smallest absolute Gasteiger partial charge is 0.264 e. The second-order valence-electron chi connectivity index (χ2n) is 9.42. The molecule has 1 fully saturated rings. The van der Waals surface area contributed by atoms with Crippen LogP contribution in [0.4, 0.5) is 0 Å². The van der Waals surface area contributed by atoms with Crippen molar-refractivity contribution in [1.82, 2.24) is 24.6 Å². The first-order valence-corrected chi connectivity index (χ1v) is 12.3. The molecule has 3 aromatic rings. The quantitative estimate of drug-likeness (QED) is 0.534. The number of rotatable bonds is 9. The molecule has 1 aliphatic carbocycles. The Hall–Kier alpha value is -2.96. The molecular formula is C26H35N5O2. The van der Waals surface area contributed by atoms with E-state index in [1.165, 1.54) is 37.7 Å². The fourth-order valence-electron chi connectivity index (χ4n) is 4.80. The highest BCUT2D eigenvalue weighted by Gasteiger charge is 2.25. The molecule has 2 aromatic heterocycles. The van der Waals surface area contributed by atoms with Crippen molar-refractivity contribution in [1.29, 1.82) is 0 Å². The Bertz CT molecular complexity index is 1120. The number of carbonyl (C=O) groups excluding carboxylic acids is 1. The number of carbonyl (C=O) groups is 1. The Morgan fingerprint density at radius 1 is 1.15 bits per heavy atom. The number of hydrogen-bond acceptors (Lipinski definition) is 4. The first kappa shape index (κ1) is 23.2. The molecule has 1 saturated carbocycles. The van der Waals surface area contributed by atoms with Crippen LogP contribution in [0.25, 0.3) is 11.0 Å². The van der Waals surface area contributed by atoms with Crippen molar-refractivity contribution >= 4 is 16.9 Å². The zero-order chi connectivity index (χ0) is 23.2. The van der Waals surface area contributed by atoms with Gasteiger partial charge in [-0.1, -0.05) is 56.0 Å². The minimum Gasteiger partial charge on any atom is -0.354 e. The van der Waals surface area contributed by atoms with Gasteiger partial charge in [-0.2, -0.15) is 5.10 Å². The normalized spacial score (nSPS) is 18.5. The lowest BCUT2D eigenvalue weighted by Gasteiger charge is -2.27. The van der Waals surface area contributed by atoms with E-state index in [0.29, 0.717) is 30.7 Å². The molecule has 1 aliphatic rings. The van der Waals surface area contributed by atoms with Gasteiger partial charge in [-0.15, -0.1) is 0 Å². The monoisotopic (exact) mass is 449 g/mol. The first-order chi connectivity index (χ1) is 16.0. The minimum atomic E-state index is -0.101. The van der Waals surface area contributed by atoms with Gasteiger partial charge in [0.25, 0.3) is 5.56 Å². The highest BCUT2D eigenvalue weighted by Crippen LogP contribution is 2.31. The van der Waals surface area contributed by atoms with Gasteiger partial charge in [0, 0.05) is 12.5 Å². The van der Waals surface area contributed by atoms with Crippen LogP contribution < -0.4 is 10.9 Å². The van der Waals surface area contributed by atoms with Gasteiger partial charge in [0.2, 0.25) is 5.91 Å². The van der Waals surface area contributed by atoms with Crippen molar-refractivity contribution in [3.63, 3.8) is 0 Å². The molecule has 0 spiro atoms. The molecule has 176 valence electrons. The Kier molecular flexibility index (Phi) is 7.57. The Labute approximate surface area is 195 Å². The van der Waals surface area contributed by atoms with Gasteiger partial charge in [-0.3, -0.25) is 14.2 Å². The molecule has 2 heterocycles. The van der Waals surface area contributed by atoms with E-state index in [4.69, 9.17) is 0 Å². The number of benzene rings is 1. The minimum absolute atomic E-state index is 0.101. The SMILES string of the molecule is CCCCC1CCC(C(=O)NCCn2ncc3c(=O)n(Cc4ccc(C)cc4)cnc32)CC1. The van der Waals surface area contributed by atoms with Crippen LogP contribution in [0.15, 0.2) is 41.6 Å². The summed E-state index contributed by atoms with van der Waals surface area (Å²) in [5, 5.41) is 7.92. The van der Waals surface area contributed by atoms with Crippen molar-refractivity contribution in [2.24, 2.45) is 11.8 Å². The van der Waals surface area contributed by atoms with Crippen molar-refractivity contribution in [3.8, 4) is 0 Å². The zero-order valence-corrected chi connectivity index (χ0v) is 19.8. The molecule has 7 nitrogen and oxygen atoms in total. The van der Waals surface area contributed by atoms with Gasteiger partial charge < -0.3 is 5.32 Å². The molecule has 1 N–H and O–H groups in total. The number of nitrogens with zero attached hydrogens (tertiary/aromatic N) is 4. The zero-order valence-electron chi connectivity index (χ0n) is 19.8. The van der Waals surface area contributed by atoms with E-state index < -0.39 is 0 Å². The lowest BCUT2D eigenvalue weighted by Crippen LogP contribution is -2.35. The van der Waals surface area contributed by atoms with Crippen molar-refractivity contribution in [3.05, 3.63) is 58.3 Å². The molecule has 0 radical (unpaired) electrons. The maximum atomic E-state index is 12.9. The number of unbranched alkanes of at least 4 members (excludes halogenated alkanes) is 1. The Morgan fingerprint density at radius 2 is 1.91 bits per heavy atom. The van der Waals surface area contributed by atoms with Crippen LogP contribution in [0.1, 0.15) is 63.0 Å². The van der Waals surface area contributed by atoms with Gasteiger partial charge in [0.05, 0.1) is 19.3 Å². The Morgan fingerprint density at radius 3 is 2.64 bits per heavy atom. The summed E-state index contributed by atoms with van der Waals surface area (Å²) < 4.78 is 3.31. The van der Waals surface area contributed by atoms with Gasteiger partial charge in [0.1, 0.15) is 11.7 Å². The number of aromatic nitrogens is 4. The third-order valence-corrected chi connectivity index (χ3v) is 6.90. The van der Waals surface area contributed by atoms with E-state index in [1.54, 1.807) is 21.8 Å². The fourth-order valence-corrected chi connectivity index (χ4v) is 4.80. The maximum Gasteiger partial charge on any atom is 0.264 e. The summed E-state index contributed by atoms with van der Waals surface area (Å²) in [5.41, 5.74) is 2.70.